The second kappa shape index (κ2) is 4.94. The second-order valence-corrected chi connectivity index (χ2v) is 4.52. The van der Waals surface area contributed by atoms with E-state index < -0.39 is 5.60 Å². The summed E-state index contributed by atoms with van der Waals surface area (Å²) in [7, 11) is 0. The fourth-order valence-corrected chi connectivity index (χ4v) is 1.95. The summed E-state index contributed by atoms with van der Waals surface area (Å²) in [6, 6.07) is 0.418. The van der Waals surface area contributed by atoms with Gasteiger partial charge in [0, 0.05) is 19.1 Å². The number of esters is 1. The highest BCUT2D eigenvalue weighted by Gasteiger charge is 2.39. The summed E-state index contributed by atoms with van der Waals surface area (Å²) in [4.78, 5) is 13.5. The molecule has 1 unspecified atom stereocenters. The van der Waals surface area contributed by atoms with Gasteiger partial charge in [-0.15, -0.1) is 0 Å². The molecule has 88 valence electrons. The van der Waals surface area contributed by atoms with E-state index in [0.29, 0.717) is 25.6 Å². The first-order valence-corrected chi connectivity index (χ1v) is 5.59. The Bertz CT molecular complexity index is 230. The molecule has 0 aromatic rings. The largest absolute Gasteiger partial charge is 0.466 e. The fraction of sp³-hybridized carbons (Fsp3) is 0.909. The lowest BCUT2D eigenvalue weighted by atomic mass is 9.99. The summed E-state index contributed by atoms with van der Waals surface area (Å²) < 4.78 is 4.85. The van der Waals surface area contributed by atoms with E-state index >= 15 is 0 Å². The van der Waals surface area contributed by atoms with Crippen LogP contribution in [0, 0.1) is 0 Å². The summed E-state index contributed by atoms with van der Waals surface area (Å²) in [5, 5.41) is 10.2. The number of ether oxygens (including phenoxy) is 1. The molecule has 0 amide bonds. The number of likely N-dealkylation sites (tertiary alicyclic amines) is 1. The van der Waals surface area contributed by atoms with Gasteiger partial charge in [-0.2, -0.15) is 0 Å². The van der Waals surface area contributed by atoms with E-state index in [0.717, 1.165) is 6.54 Å². The van der Waals surface area contributed by atoms with Crippen molar-refractivity contribution in [3.05, 3.63) is 0 Å². The molecule has 1 atom stereocenters. The number of carbonyl (C=O) groups excluding carboxylic acids is 1. The molecule has 1 saturated heterocycles. The van der Waals surface area contributed by atoms with Crippen molar-refractivity contribution in [3.63, 3.8) is 0 Å². The molecule has 4 nitrogen and oxygen atoms in total. The van der Waals surface area contributed by atoms with Crippen LogP contribution in [-0.2, 0) is 9.53 Å². The molecule has 0 saturated carbocycles. The number of β-amino-alcohol motifs (C(OH)–C–C–N with tert-alkyl or cyclic N) is 1. The van der Waals surface area contributed by atoms with E-state index in [2.05, 4.69) is 18.7 Å². The van der Waals surface area contributed by atoms with E-state index in [1.54, 1.807) is 6.92 Å². The number of carbonyl (C=O) groups is 1. The molecule has 1 heterocycles. The maximum Gasteiger partial charge on any atom is 0.308 e. The quantitative estimate of drug-likeness (QED) is 0.704. The number of aliphatic hydroxyl groups is 1. The lowest BCUT2D eigenvalue weighted by Crippen LogP contribution is -2.38. The normalized spacial score (nSPS) is 27.3. The SMILES string of the molecule is CCOC(=O)CC1(O)CCN(C(C)C)C1. The van der Waals surface area contributed by atoms with Crippen LogP contribution < -0.4 is 0 Å². The molecule has 1 aliphatic rings. The molecule has 15 heavy (non-hydrogen) atoms. The lowest BCUT2D eigenvalue weighted by Gasteiger charge is -2.24. The molecule has 0 spiro atoms. The van der Waals surface area contributed by atoms with Crippen LogP contribution in [-0.4, -0.2) is 47.3 Å². The topological polar surface area (TPSA) is 49.8 Å². The van der Waals surface area contributed by atoms with Gasteiger partial charge in [-0.1, -0.05) is 0 Å². The van der Waals surface area contributed by atoms with Crippen molar-refractivity contribution in [1.29, 1.82) is 0 Å². The Hall–Kier alpha value is -0.610. The maximum atomic E-state index is 11.3. The summed E-state index contributed by atoms with van der Waals surface area (Å²) in [5.74, 6) is -0.300. The van der Waals surface area contributed by atoms with Crippen molar-refractivity contribution in [2.45, 2.75) is 45.3 Å². The van der Waals surface area contributed by atoms with Crippen molar-refractivity contribution < 1.29 is 14.6 Å². The first-order chi connectivity index (χ1) is 6.97. The molecule has 1 fully saturated rings. The molecule has 0 aromatic carbocycles. The molecule has 1 aliphatic heterocycles. The average molecular weight is 215 g/mol. The highest BCUT2D eigenvalue weighted by Crippen LogP contribution is 2.26. The van der Waals surface area contributed by atoms with Crippen molar-refractivity contribution in [2.75, 3.05) is 19.7 Å². The molecule has 1 rings (SSSR count). The predicted octanol–water partition coefficient (Wildman–Crippen LogP) is 0.785. The monoisotopic (exact) mass is 215 g/mol. The van der Waals surface area contributed by atoms with Crippen LogP contribution in [0.2, 0.25) is 0 Å². The smallest absolute Gasteiger partial charge is 0.308 e. The van der Waals surface area contributed by atoms with Gasteiger partial charge in [-0.25, -0.2) is 0 Å². The summed E-state index contributed by atoms with van der Waals surface area (Å²) in [6.07, 6.45) is 0.772. The molecule has 0 radical (unpaired) electrons. The van der Waals surface area contributed by atoms with E-state index in [1.807, 2.05) is 0 Å². The molecular formula is C11H21NO3. The second-order valence-electron chi connectivity index (χ2n) is 4.52. The van der Waals surface area contributed by atoms with Gasteiger partial charge in [0.25, 0.3) is 0 Å². The van der Waals surface area contributed by atoms with Gasteiger partial charge in [-0.3, -0.25) is 9.69 Å². The van der Waals surface area contributed by atoms with Gasteiger partial charge < -0.3 is 9.84 Å². The van der Waals surface area contributed by atoms with Crippen molar-refractivity contribution in [3.8, 4) is 0 Å². The first kappa shape index (κ1) is 12.5. The van der Waals surface area contributed by atoms with Gasteiger partial charge in [0.15, 0.2) is 0 Å². The average Bonchev–Trinajstić information content (AvgIpc) is 2.48. The Labute approximate surface area is 91.2 Å². The standard InChI is InChI=1S/C11H21NO3/c1-4-15-10(13)7-11(14)5-6-12(8-11)9(2)3/h9,14H,4-8H2,1-3H3. The minimum Gasteiger partial charge on any atom is -0.466 e. The number of nitrogens with zero attached hydrogens (tertiary/aromatic N) is 1. The van der Waals surface area contributed by atoms with Crippen LogP contribution in [0.25, 0.3) is 0 Å². The summed E-state index contributed by atoms with van der Waals surface area (Å²) >= 11 is 0. The van der Waals surface area contributed by atoms with Crippen LogP contribution in [0.15, 0.2) is 0 Å². The molecule has 4 heteroatoms. The van der Waals surface area contributed by atoms with Gasteiger partial charge in [0.1, 0.15) is 0 Å². The summed E-state index contributed by atoms with van der Waals surface area (Å²) in [5.41, 5.74) is -0.878. The Morgan fingerprint density at radius 3 is 2.73 bits per heavy atom. The van der Waals surface area contributed by atoms with Crippen LogP contribution in [0.4, 0.5) is 0 Å². The fourth-order valence-electron chi connectivity index (χ4n) is 1.95. The summed E-state index contributed by atoms with van der Waals surface area (Å²) in [6.45, 7) is 7.77. The van der Waals surface area contributed by atoms with Crippen LogP contribution in [0.3, 0.4) is 0 Å². The Morgan fingerprint density at radius 1 is 1.60 bits per heavy atom. The first-order valence-electron chi connectivity index (χ1n) is 5.59. The predicted molar refractivity (Wildman–Crippen MR) is 57.5 cm³/mol. The van der Waals surface area contributed by atoms with Crippen molar-refractivity contribution >= 4 is 5.97 Å². The third-order valence-corrected chi connectivity index (χ3v) is 2.87. The Kier molecular flexibility index (Phi) is 4.11. The van der Waals surface area contributed by atoms with Gasteiger partial charge in [-0.05, 0) is 27.2 Å². The van der Waals surface area contributed by atoms with Gasteiger partial charge in [0.05, 0.1) is 18.6 Å². The Balaban J connectivity index is 2.44. The van der Waals surface area contributed by atoms with E-state index in [-0.39, 0.29) is 12.4 Å². The van der Waals surface area contributed by atoms with E-state index in [4.69, 9.17) is 4.74 Å². The van der Waals surface area contributed by atoms with Crippen molar-refractivity contribution in [2.24, 2.45) is 0 Å². The van der Waals surface area contributed by atoms with Gasteiger partial charge >= 0.3 is 5.97 Å². The van der Waals surface area contributed by atoms with E-state index in [1.165, 1.54) is 0 Å². The third-order valence-electron chi connectivity index (χ3n) is 2.87. The molecular weight excluding hydrogens is 194 g/mol. The molecule has 0 aliphatic carbocycles. The number of rotatable bonds is 4. The zero-order valence-electron chi connectivity index (χ0n) is 9.82. The zero-order chi connectivity index (χ0) is 11.5. The highest BCUT2D eigenvalue weighted by molar-refractivity contribution is 5.70. The van der Waals surface area contributed by atoms with Gasteiger partial charge in [0.2, 0.25) is 0 Å². The minimum absolute atomic E-state index is 0.115. The molecule has 0 bridgehead atoms. The maximum absolute atomic E-state index is 11.3. The zero-order valence-corrected chi connectivity index (χ0v) is 9.82. The third kappa shape index (κ3) is 3.47. The van der Waals surface area contributed by atoms with Crippen molar-refractivity contribution in [1.82, 2.24) is 4.90 Å². The van der Waals surface area contributed by atoms with Crippen LogP contribution in [0.1, 0.15) is 33.6 Å². The Morgan fingerprint density at radius 2 is 2.27 bits per heavy atom. The highest BCUT2D eigenvalue weighted by atomic mass is 16.5. The molecule has 1 N–H and O–H groups in total. The van der Waals surface area contributed by atoms with E-state index in [9.17, 15) is 9.90 Å². The lowest BCUT2D eigenvalue weighted by molar-refractivity contribution is -0.148. The molecule has 0 aromatic heterocycles. The number of hydrogen-bond donors (Lipinski definition) is 1. The minimum atomic E-state index is -0.878. The number of hydrogen-bond acceptors (Lipinski definition) is 4. The van der Waals surface area contributed by atoms with Crippen LogP contribution in [0.5, 0.6) is 0 Å². The van der Waals surface area contributed by atoms with Crippen LogP contribution >= 0.6 is 0 Å².